The summed E-state index contributed by atoms with van der Waals surface area (Å²) in [7, 11) is 0. The van der Waals surface area contributed by atoms with Crippen LogP contribution >= 0.6 is 11.6 Å². The standard InChI is InChI=1S/C24H33Cl/c1-2-3-4-5-6-7-8-11-15-24-16-14-20(17-24)23(18-24)22-13-10-9-12-21(22)19-25/h2,9-10,12-14,16,20,23H,1,3-8,11,15,17-19H2. The quantitative estimate of drug-likeness (QED) is 0.215. The Hall–Kier alpha value is -1.01. The maximum atomic E-state index is 6.19. The van der Waals surface area contributed by atoms with Crippen molar-refractivity contribution in [2.45, 2.75) is 76.0 Å². The zero-order chi connectivity index (χ0) is 17.5. The van der Waals surface area contributed by atoms with Gasteiger partial charge in [0.05, 0.1) is 0 Å². The van der Waals surface area contributed by atoms with Crippen molar-refractivity contribution in [2.24, 2.45) is 11.3 Å². The van der Waals surface area contributed by atoms with E-state index in [1.807, 2.05) is 6.08 Å². The number of rotatable bonds is 11. The van der Waals surface area contributed by atoms with Gasteiger partial charge in [0, 0.05) is 5.88 Å². The van der Waals surface area contributed by atoms with Gasteiger partial charge in [-0.1, -0.05) is 74.6 Å². The lowest BCUT2D eigenvalue weighted by molar-refractivity contribution is 0.345. The molecule has 0 radical (unpaired) electrons. The van der Waals surface area contributed by atoms with Crippen LogP contribution in [0, 0.1) is 11.3 Å². The molecule has 0 spiro atoms. The van der Waals surface area contributed by atoms with E-state index >= 15 is 0 Å². The van der Waals surface area contributed by atoms with Crippen LogP contribution < -0.4 is 0 Å². The maximum absolute atomic E-state index is 6.19. The number of allylic oxidation sites excluding steroid dienone is 3. The molecule has 136 valence electrons. The first-order valence-electron chi connectivity index (χ1n) is 10.2. The van der Waals surface area contributed by atoms with E-state index in [0.29, 0.717) is 17.2 Å². The third-order valence-corrected chi connectivity index (χ3v) is 6.70. The Balaban J connectivity index is 1.46. The number of fused-ring (bicyclic) bond motifs is 2. The van der Waals surface area contributed by atoms with Crippen molar-refractivity contribution >= 4 is 11.6 Å². The minimum absolute atomic E-state index is 0.484. The van der Waals surface area contributed by atoms with E-state index < -0.39 is 0 Å². The molecule has 1 aromatic carbocycles. The van der Waals surface area contributed by atoms with Crippen LogP contribution in [0.4, 0.5) is 0 Å². The fourth-order valence-corrected chi connectivity index (χ4v) is 5.31. The van der Waals surface area contributed by atoms with Crippen molar-refractivity contribution in [1.29, 1.82) is 0 Å². The molecule has 0 aliphatic heterocycles. The van der Waals surface area contributed by atoms with Crippen LogP contribution in [-0.2, 0) is 5.88 Å². The number of benzene rings is 1. The SMILES string of the molecule is C=CCCCCCCCCC12C=CC(C1)C(c1ccccc1CCl)C2. The second-order valence-electron chi connectivity index (χ2n) is 8.18. The van der Waals surface area contributed by atoms with Crippen LogP contribution in [0.5, 0.6) is 0 Å². The predicted molar refractivity (Wildman–Crippen MR) is 110 cm³/mol. The lowest BCUT2D eigenvalue weighted by atomic mass is 9.77. The van der Waals surface area contributed by atoms with Gasteiger partial charge in [-0.3, -0.25) is 0 Å². The Morgan fingerprint density at radius 1 is 1.04 bits per heavy atom. The second kappa shape index (κ2) is 9.08. The van der Waals surface area contributed by atoms with Crippen LogP contribution in [0.2, 0.25) is 0 Å². The van der Waals surface area contributed by atoms with Gasteiger partial charge < -0.3 is 0 Å². The smallest absolute Gasteiger partial charge is 0.0476 e. The van der Waals surface area contributed by atoms with Crippen LogP contribution in [0.1, 0.15) is 81.3 Å². The van der Waals surface area contributed by atoms with Gasteiger partial charge in [0.25, 0.3) is 0 Å². The molecule has 2 bridgehead atoms. The molecule has 0 N–H and O–H groups in total. The Morgan fingerprint density at radius 2 is 1.80 bits per heavy atom. The van der Waals surface area contributed by atoms with Gasteiger partial charge in [-0.25, -0.2) is 0 Å². The van der Waals surface area contributed by atoms with Gasteiger partial charge >= 0.3 is 0 Å². The topological polar surface area (TPSA) is 0 Å². The molecule has 25 heavy (non-hydrogen) atoms. The Kier molecular flexibility index (Phi) is 6.82. The van der Waals surface area contributed by atoms with E-state index in [2.05, 4.69) is 43.0 Å². The number of alkyl halides is 1. The van der Waals surface area contributed by atoms with Crippen molar-refractivity contribution in [2.75, 3.05) is 0 Å². The van der Waals surface area contributed by atoms with Gasteiger partial charge in [-0.05, 0) is 60.5 Å². The van der Waals surface area contributed by atoms with E-state index in [1.165, 1.54) is 75.3 Å². The Morgan fingerprint density at radius 3 is 2.60 bits per heavy atom. The van der Waals surface area contributed by atoms with Crippen LogP contribution in [0.15, 0.2) is 49.1 Å². The molecule has 0 nitrogen and oxygen atoms in total. The molecule has 0 heterocycles. The fourth-order valence-electron chi connectivity index (χ4n) is 5.07. The predicted octanol–water partition coefficient (Wildman–Crippen LogP) is 7.78. The number of halogens is 1. The Bertz CT molecular complexity index is 588. The summed E-state index contributed by atoms with van der Waals surface area (Å²) < 4.78 is 0. The van der Waals surface area contributed by atoms with Gasteiger partial charge in [-0.2, -0.15) is 0 Å². The third kappa shape index (κ3) is 4.59. The normalized spacial score (nSPS) is 27.1. The zero-order valence-corrected chi connectivity index (χ0v) is 16.3. The first-order valence-corrected chi connectivity index (χ1v) is 10.8. The summed E-state index contributed by atoms with van der Waals surface area (Å²) >= 11 is 6.19. The van der Waals surface area contributed by atoms with Crippen molar-refractivity contribution in [3.8, 4) is 0 Å². The highest BCUT2D eigenvalue weighted by Crippen LogP contribution is 2.59. The third-order valence-electron chi connectivity index (χ3n) is 6.41. The molecule has 0 saturated heterocycles. The monoisotopic (exact) mass is 356 g/mol. The molecular weight excluding hydrogens is 324 g/mol. The van der Waals surface area contributed by atoms with E-state index in [9.17, 15) is 0 Å². The summed E-state index contributed by atoms with van der Waals surface area (Å²) in [5.41, 5.74) is 3.33. The molecule has 0 aromatic heterocycles. The summed E-state index contributed by atoms with van der Waals surface area (Å²) in [6.07, 6.45) is 20.7. The highest BCUT2D eigenvalue weighted by atomic mass is 35.5. The molecule has 1 aromatic rings. The summed E-state index contributed by atoms with van der Waals surface area (Å²) in [4.78, 5) is 0. The average molecular weight is 357 g/mol. The highest BCUT2D eigenvalue weighted by molar-refractivity contribution is 6.17. The minimum atomic E-state index is 0.484. The molecule has 3 rings (SSSR count). The summed E-state index contributed by atoms with van der Waals surface area (Å²) in [5, 5.41) is 0. The first kappa shape index (κ1) is 18.8. The molecule has 3 atom stereocenters. The van der Waals surface area contributed by atoms with E-state index in [4.69, 9.17) is 11.6 Å². The highest BCUT2D eigenvalue weighted by Gasteiger charge is 2.46. The van der Waals surface area contributed by atoms with E-state index in [-0.39, 0.29) is 0 Å². The molecule has 1 fully saturated rings. The molecule has 3 unspecified atom stereocenters. The zero-order valence-electron chi connectivity index (χ0n) is 15.6. The fraction of sp³-hybridized carbons (Fsp3) is 0.583. The average Bonchev–Trinajstić information content (AvgIpc) is 3.22. The molecule has 2 aliphatic rings. The summed E-state index contributed by atoms with van der Waals surface area (Å²) in [6.45, 7) is 3.80. The number of hydrogen-bond acceptors (Lipinski definition) is 0. The van der Waals surface area contributed by atoms with Gasteiger partial charge in [0.15, 0.2) is 0 Å². The van der Waals surface area contributed by atoms with Crippen molar-refractivity contribution in [3.05, 3.63) is 60.2 Å². The van der Waals surface area contributed by atoms with Gasteiger partial charge in [-0.15, -0.1) is 18.2 Å². The van der Waals surface area contributed by atoms with E-state index in [0.717, 1.165) is 5.92 Å². The summed E-state index contributed by atoms with van der Waals surface area (Å²) in [5.74, 6) is 2.07. The lowest BCUT2D eigenvalue weighted by Crippen LogP contribution is -2.14. The molecule has 1 heteroatoms. The lowest BCUT2D eigenvalue weighted by Gasteiger charge is -2.27. The van der Waals surface area contributed by atoms with Crippen molar-refractivity contribution < 1.29 is 0 Å². The second-order valence-corrected chi connectivity index (χ2v) is 8.45. The van der Waals surface area contributed by atoms with E-state index in [1.54, 1.807) is 0 Å². The number of hydrogen-bond donors (Lipinski definition) is 0. The molecular formula is C24H33Cl. The molecule has 1 saturated carbocycles. The minimum Gasteiger partial charge on any atom is -0.122 e. The van der Waals surface area contributed by atoms with Crippen molar-refractivity contribution in [1.82, 2.24) is 0 Å². The number of unbranched alkanes of at least 4 members (excludes halogenated alkanes) is 6. The van der Waals surface area contributed by atoms with Gasteiger partial charge in [0.1, 0.15) is 0 Å². The Labute approximate surface area is 159 Å². The van der Waals surface area contributed by atoms with Crippen LogP contribution in [0.3, 0.4) is 0 Å². The maximum Gasteiger partial charge on any atom is 0.0476 e. The molecule has 2 aliphatic carbocycles. The van der Waals surface area contributed by atoms with Crippen LogP contribution in [0.25, 0.3) is 0 Å². The molecule has 0 amide bonds. The van der Waals surface area contributed by atoms with Crippen molar-refractivity contribution in [3.63, 3.8) is 0 Å². The first-order chi connectivity index (χ1) is 12.3. The van der Waals surface area contributed by atoms with Gasteiger partial charge in [0.2, 0.25) is 0 Å². The van der Waals surface area contributed by atoms with Crippen LogP contribution in [-0.4, -0.2) is 0 Å². The largest absolute Gasteiger partial charge is 0.122 e. The summed E-state index contributed by atoms with van der Waals surface area (Å²) in [6, 6.07) is 8.82.